The van der Waals surface area contributed by atoms with E-state index in [9.17, 15) is 14.7 Å². The second kappa shape index (κ2) is 6.86. The van der Waals surface area contributed by atoms with E-state index in [1.54, 1.807) is 22.1 Å². The van der Waals surface area contributed by atoms with Gasteiger partial charge in [0, 0.05) is 38.3 Å². The fourth-order valence-electron chi connectivity index (χ4n) is 3.14. The second-order valence-corrected chi connectivity index (χ2v) is 6.19. The fraction of sp³-hybridized carbons (Fsp3) is 0.500. The number of carboxylic acids is 1. The highest BCUT2D eigenvalue weighted by Gasteiger charge is 2.33. The Kier molecular flexibility index (Phi) is 4.64. The molecule has 3 N–H and O–H groups in total. The highest BCUT2D eigenvalue weighted by molar-refractivity contribution is 5.81. The Morgan fingerprint density at radius 2 is 1.92 bits per heavy atom. The van der Waals surface area contributed by atoms with Gasteiger partial charge in [0.05, 0.1) is 5.92 Å². The Labute approximate surface area is 140 Å². The zero-order chi connectivity index (χ0) is 17.1. The van der Waals surface area contributed by atoms with Crippen molar-refractivity contribution in [3.8, 4) is 0 Å². The van der Waals surface area contributed by atoms with Crippen LogP contribution in [0.1, 0.15) is 12.8 Å². The maximum Gasteiger partial charge on any atom is 0.310 e. The van der Waals surface area contributed by atoms with E-state index in [-0.39, 0.29) is 24.9 Å². The Bertz CT molecular complexity index is 655. The van der Waals surface area contributed by atoms with Gasteiger partial charge >= 0.3 is 5.97 Å². The summed E-state index contributed by atoms with van der Waals surface area (Å²) in [5, 5.41) is 9.50. The number of allylic oxidation sites excluding steroid dienone is 2. The predicted molar refractivity (Wildman–Crippen MR) is 88.2 cm³/mol. The van der Waals surface area contributed by atoms with Gasteiger partial charge in [-0.25, -0.2) is 4.98 Å². The standard InChI is InChI=1S/C16H21N5O3/c17-13-5-6-18-16(19-13)21-8-7-20(9-12(10-21)15(23)24)14(22)11-3-1-2-4-11/h1-2,5-6,11-12H,3-4,7-10H2,(H,23,24)(H2,17,18,19). The summed E-state index contributed by atoms with van der Waals surface area (Å²) < 4.78 is 0. The smallest absolute Gasteiger partial charge is 0.310 e. The molecule has 0 saturated carbocycles. The number of carbonyl (C=O) groups excluding carboxylic acids is 1. The number of carboxylic acid groups (broad SMARTS) is 1. The van der Waals surface area contributed by atoms with Crippen molar-refractivity contribution in [2.75, 3.05) is 36.8 Å². The number of carbonyl (C=O) groups is 2. The third-order valence-electron chi connectivity index (χ3n) is 4.49. The first-order chi connectivity index (χ1) is 11.5. The van der Waals surface area contributed by atoms with E-state index in [0.717, 1.165) is 12.8 Å². The number of hydrogen-bond acceptors (Lipinski definition) is 6. The summed E-state index contributed by atoms with van der Waals surface area (Å²) in [4.78, 5) is 36.0. The summed E-state index contributed by atoms with van der Waals surface area (Å²) >= 11 is 0. The van der Waals surface area contributed by atoms with Crippen LogP contribution in [0.15, 0.2) is 24.4 Å². The van der Waals surface area contributed by atoms with Crippen molar-refractivity contribution in [3.05, 3.63) is 24.4 Å². The fourth-order valence-corrected chi connectivity index (χ4v) is 3.14. The monoisotopic (exact) mass is 331 g/mol. The molecule has 1 unspecified atom stereocenters. The van der Waals surface area contributed by atoms with Crippen molar-refractivity contribution >= 4 is 23.6 Å². The van der Waals surface area contributed by atoms with Crippen LogP contribution in [0.3, 0.4) is 0 Å². The molecule has 3 rings (SSSR count). The number of hydrogen-bond donors (Lipinski definition) is 2. The van der Waals surface area contributed by atoms with Crippen molar-refractivity contribution in [2.45, 2.75) is 12.8 Å². The lowest BCUT2D eigenvalue weighted by Gasteiger charge is -2.25. The van der Waals surface area contributed by atoms with Gasteiger partial charge in [-0.15, -0.1) is 0 Å². The van der Waals surface area contributed by atoms with Crippen LogP contribution in [0.5, 0.6) is 0 Å². The molecule has 1 atom stereocenters. The van der Waals surface area contributed by atoms with Crippen LogP contribution in [0.4, 0.5) is 11.8 Å². The average Bonchev–Trinajstić information content (AvgIpc) is 2.99. The highest BCUT2D eigenvalue weighted by Crippen LogP contribution is 2.23. The first kappa shape index (κ1) is 16.2. The van der Waals surface area contributed by atoms with Crippen molar-refractivity contribution in [1.82, 2.24) is 14.9 Å². The molecule has 24 heavy (non-hydrogen) atoms. The minimum Gasteiger partial charge on any atom is -0.481 e. The third-order valence-corrected chi connectivity index (χ3v) is 4.49. The molecule has 0 aromatic carbocycles. The maximum absolute atomic E-state index is 12.6. The van der Waals surface area contributed by atoms with Crippen molar-refractivity contribution in [2.24, 2.45) is 11.8 Å². The molecule has 0 bridgehead atoms. The SMILES string of the molecule is Nc1ccnc(N2CCN(C(=O)C3CC=CC3)CC(C(=O)O)C2)n1. The van der Waals surface area contributed by atoms with E-state index in [1.807, 2.05) is 12.2 Å². The van der Waals surface area contributed by atoms with Crippen LogP contribution in [0.25, 0.3) is 0 Å². The van der Waals surface area contributed by atoms with Gasteiger partial charge in [-0.3, -0.25) is 9.59 Å². The number of aliphatic carboxylic acids is 1. The quantitative estimate of drug-likeness (QED) is 0.770. The lowest BCUT2D eigenvalue weighted by Crippen LogP contribution is -2.40. The Hall–Kier alpha value is -2.64. The first-order valence-corrected chi connectivity index (χ1v) is 8.04. The third kappa shape index (κ3) is 3.47. The van der Waals surface area contributed by atoms with Crippen molar-refractivity contribution in [1.29, 1.82) is 0 Å². The van der Waals surface area contributed by atoms with Crippen LogP contribution < -0.4 is 10.6 Å². The van der Waals surface area contributed by atoms with Crippen molar-refractivity contribution < 1.29 is 14.7 Å². The summed E-state index contributed by atoms with van der Waals surface area (Å²) in [5.74, 6) is -0.903. The lowest BCUT2D eigenvalue weighted by molar-refractivity contribution is -0.143. The van der Waals surface area contributed by atoms with Crippen LogP contribution >= 0.6 is 0 Å². The summed E-state index contributed by atoms with van der Waals surface area (Å²) in [7, 11) is 0. The molecule has 1 aliphatic carbocycles. The Morgan fingerprint density at radius 3 is 2.58 bits per heavy atom. The number of amides is 1. The average molecular weight is 331 g/mol. The molecule has 1 saturated heterocycles. The zero-order valence-corrected chi connectivity index (χ0v) is 13.3. The normalized spacial score (nSPS) is 21.8. The number of rotatable bonds is 3. The number of aromatic nitrogens is 2. The van der Waals surface area contributed by atoms with Crippen LogP contribution in [-0.2, 0) is 9.59 Å². The summed E-state index contributed by atoms with van der Waals surface area (Å²) in [6.45, 7) is 1.41. The molecule has 8 heteroatoms. The van der Waals surface area contributed by atoms with Crippen LogP contribution in [-0.4, -0.2) is 58.0 Å². The van der Waals surface area contributed by atoms with Crippen LogP contribution in [0, 0.1) is 11.8 Å². The molecule has 2 heterocycles. The van der Waals surface area contributed by atoms with E-state index in [4.69, 9.17) is 5.73 Å². The van der Waals surface area contributed by atoms with Gasteiger partial charge in [-0.1, -0.05) is 12.2 Å². The van der Waals surface area contributed by atoms with E-state index < -0.39 is 11.9 Å². The van der Waals surface area contributed by atoms with Gasteiger partial charge in [-0.05, 0) is 18.9 Å². The second-order valence-electron chi connectivity index (χ2n) is 6.19. The van der Waals surface area contributed by atoms with E-state index in [1.165, 1.54) is 0 Å². The lowest BCUT2D eigenvalue weighted by atomic mass is 10.0. The summed E-state index contributed by atoms with van der Waals surface area (Å²) in [6.07, 6.45) is 7.01. The minimum absolute atomic E-state index is 0.0293. The van der Waals surface area contributed by atoms with Gasteiger partial charge in [0.15, 0.2) is 0 Å². The molecule has 1 amide bonds. The molecule has 128 valence electrons. The van der Waals surface area contributed by atoms with Gasteiger partial charge in [-0.2, -0.15) is 4.98 Å². The molecule has 1 aromatic rings. The topological polar surface area (TPSA) is 113 Å². The first-order valence-electron chi connectivity index (χ1n) is 8.04. The molecule has 1 fully saturated rings. The van der Waals surface area contributed by atoms with Crippen molar-refractivity contribution in [3.63, 3.8) is 0 Å². The number of nitrogens with two attached hydrogens (primary N) is 1. The summed E-state index contributed by atoms with van der Waals surface area (Å²) in [6, 6.07) is 1.58. The Morgan fingerprint density at radius 1 is 1.17 bits per heavy atom. The molecule has 8 nitrogen and oxygen atoms in total. The maximum atomic E-state index is 12.6. The molecule has 2 aliphatic rings. The molecule has 0 radical (unpaired) electrons. The number of nitrogens with zero attached hydrogens (tertiary/aromatic N) is 4. The number of nitrogen functional groups attached to an aromatic ring is 1. The van der Waals surface area contributed by atoms with Crippen LogP contribution in [0.2, 0.25) is 0 Å². The van der Waals surface area contributed by atoms with E-state index in [2.05, 4.69) is 9.97 Å². The van der Waals surface area contributed by atoms with E-state index in [0.29, 0.717) is 24.9 Å². The van der Waals surface area contributed by atoms with Gasteiger partial charge < -0.3 is 20.6 Å². The predicted octanol–water partition coefficient (Wildman–Crippen LogP) is 0.374. The Balaban J connectivity index is 1.77. The highest BCUT2D eigenvalue weighted by atomic mass is 16.4. The molecule has 1 aliphatic heterocycles. The molecular weight excluding hydrogens is 310 g/mol. The summed E-state index contributed by atoms with van der Waals surface area (Å²) in [5.41, 5.74) is 5.69. The van der Waals surface area contributed by atoms with E-state index >= 15 is 0 Å². The molecule has 0 spiro atoms. The van der Waals surface area contributed by atoms with Gasteiger partial charge in [0.25, 0.3) is 0 Å². The number of anilines is 2. The molecular formula is C16H21N5O3. The molecule has 1 aromatic heterocycles. The minimum atomic E-state index is -0.923. The van der Waals surface area contributed by atoms with Gasteiger partial charge in [0.1, 0.15) is 5.82 Å². The zero-order valence-electron chi connectivity index (χ0n) is 13.3. The van der Waals surface area contributed by atoms with Gasteiger partial charge in [0.2, 0.25) is 11.9 Å². The largest absolute Gasteiger partial charge is 0.481 e.